The lowest BCUT2D eigenvalue weighted by molar-refractivity contribution is 0.601. The lowest BCUT2D eigenvalue weighted by Gasteiger charge is -2.26. The predicted octanol–water partition coefficient (Wildman–Crippen LogP) is 4.27. The molecule has 2 atom stereocenters. The van der Waals surface area contributed by atoms with Crippen molar-refractivity contribution in [3.05, 3.63) is 64.1 Å². The lowest BCUT2D eigenvalue weighted by Crippen LogP contribution is -2.39. The minimum absolute atomic E-state index is 0.123. The molecule has 0 unspecified atom stereocenters. The van der Waals surface area contributed by atoms with Crippen LogP contribution in [0.25, 0.3) is 0 Å². The van der Waals surface area contributed by atoms with Gasteiger partial charge in [0.05, 0.1) is 33.6 Å². The van der Waals surface area contributed by atoms with E-state index in [0.29, 0.717) is 15.8 Å². The first-order chi connectivity index (χ1) is 12.4. The summed E-state index contributed by atoms with van der Waals surface area (Å²) in [5, 5.41) is 1.91. The van der Waals surface area contributed by atoms with Crippen LogP contribution in [0.1, 0.15) is 5.56 Å². The van der Waals surface area contributed by atoms with Crippen molar-refractivity contribution >= 4 is 55.7 Å². The number of aliphatic imine (C=N–C) groups is 1. The zero-order valence-corrected chi connectivity index (χ0v) is 16.8. The third-order valence-corrected chi connectivity index (χ3v) is 7.97. The Bertz CT molecular complexity index is 964. The molecule has 0 spiro atoms. The lowest BCUT2D eigenvalue weighted by atomic mass is 10.1. The summed E-state index contributed by atoms with van der Waals surface area (Å²) in [6, 6.07) is 15.1. The summed E-state index contributed by atoms with van der Waals surface area (Å²) < 4.78 is 24.1. The Morgan fingerprint density at radius 3 is 2.58 bits per heavy atom. The Labute approximate surface area is 167 Å². The number of nitrogens with zero attached hydrogens (tertiary/aromatic N) is 2. The van der Waals surface area contributed by atoms with E-state index < -0.39 is 9.84 Å². The Morgan fingerprint density at radius 1 is 1.08 bits per heavy atom. The molecule has 136 valence electrons. The van der Waals surface area contributed by atoms with Gasteiger partial charge in [0.1, 0.15) is 0 Å². The van der Waals surface area contributed by atoms with E-state index in [4.69, 9.17) is 28.2 Å². The van der Waals surface area contributed by atoms with Gasteiger partial charge in [-0.15, -0.1) is 0 Å². The molecule has 0 amide bonds. The normalized spacial score (nSPS) is 23.8. The van der Waals surface area contributed by atoms with Gasteiger partial charge < -0.3 is 4.90 Å². The van der Waals surface area contributed by atoms with Crippen molar-refractivity contribution in [2.75, 3.05) is 16.4 Å². The van der Waals surface area contributed by atoms with Crippen LogP contribution >= 0.6 is 35.0 Å². The second-order valence-corrected chi connectivity index (χ2v) is 10.3. The Morgan fingerprint density at radius 2 is 1.85 bits per heavy atom. The molecule has 1 fully saturated rings. The standard InChI is InChI=1S/C18H16Cl2N2O2S2/c19-14-7-6-12(8-15(14)20)9-25-18-21-16-10-26(23,24)11-17(16)22(18)13-4-2-1-3-5-13/h1-8,16-17H,9-11H2/t16-,17-/m1/s1. The maximum Gasteiger partial charge on any atom is 0.164 e. The number of benzene rings is 2. The van der Waals surface area contributed by atoms with E-state index in [0.717, 1.165) is 16.4 Å². The van der Waals surface area contributed by atoms with Crippen molar-refractivity contribution < 1.29 is 8.42 Å². The molecule has 0 saturated carbocycles. The molecule has 2 aromatic carbocycles. The third-order valence-electron chi connectivity index (χ3n) is 4.49. The highest BCUT2D eigenvalue weighted by molar-refractivity contribution is 8.13. The number of hydrogen-bond donors (Lipinski definition) is 0. The summed E-state index contributed by atoms with van der Waals surface area (Å²) >= 11 is 13.7. The summed E-state index contributed by atoms with van der Waals surface area (Å²) in [6.07, 6.45) is 0. The molecule has 0 bridgehead atoms. The molecule has 0 aromatic heterocycles. The van der Waals surface area contributed by atoms with Gasteiger partial charge in [-0.05, 0) is 29.8 Å². The van der Waals surface area contributed by atoms with Crippen LogP contribution < -0.4 is 4.90 Å². The fraction of sp³-hybridized carbons (Fsp3) is 0.278. The van der Waals surface area contributed by atoms with Crippen molar-refractivity contribution in [3.63, 3.8) is 0 Å². The van der Waals surface area contributed by atoms with E-state index in [1.807, 2.05) is 42.5 Å². The summed E-state index contributed by atoms with van der Waals surface area (Å²) in [7, 11) is -3.04. The highest BCUT2D eigenvalue weighted by atomic mass is 35.5. The van der Waals surface area contributed by atoms with E-state index in [1.54, 1.807) is 17.8 Å². The van der Waals surface area contributed by atoms with Gasteiger partial charge in [-0.1, -0.05) is 59.2 Å². The fourth-order valence-corrected chi connectivity index (χ4v) is 6.53. The number of sulfone groups is 1. The molecule has 2 heterocycles. The number of anilines is 1. The average Bonchev–Trinajstić information content (AvgIpc) is 3.07. The van der Waals surface area contributed by atoms with Crippen LogP contribution in [0, 0.1) is 0 Å². The molecule has 1 saturated heterocycles. The van der Waals surface area contributed by atoms with E-state index in [9.17, 15) is 8.42 Å². The highest BCUT2D eigenvalue weighted by Gasteiger charge is 2.47. The quantitative estimate of drug-likeness (QED) is 0.734. The number of halogens is 2. The molecule has 4 rings (SSSR count). The van der Waals surface area contributed by atoms with E-state index >= 15 is 0 Å². The molecule has 2 aliphatic heterocycles. The molecule has 0 aliphatic carbocycles. The SMILES string of the molecule is O=S1(=O)C[C@@H]2[C@@H](C1)N=C(SCc1ccc(Cl)c(Cl)c1)N2c1ccccc1. The number of fused-ring (bicyclic) bond motifs is 1. The van der Waals surface area contributed by atoms with Gasteiger partial charge in [-0.3, -0.25) is 4.99 Å². The third kappa shape index (κ3) is 3.60. The molecule has 8 heteroatoms. The van der Waals surface area contributed by atoms with Crippen molar-refractivity contribution in [2.24, 2.45) is 4.99 Å². The molecular weight excluding hydrogens is 411 g/mol. The van der Waals surface area contributed by atoms with Crippen LogP contribution in [0.15, 0.2) is 53.5 Å². The summed E-state index contributed by atoms with van der Waals surface area (Å²) in [6.45, 7) is 0. The largest absolute Gasteiger partial charge is 0.315 e. The van der Waals surface area contributed by atoms with Gasteiger partial charge in [-0.2, -0.15) is 0 Å². The smallest absolute Gasteiger partial charge is 0.164 e. The van der Waals surface area contributed by atoms with Crippen LogP contribution in [0.5, 0.6) is 0 Å². The topological polar surface area (TPSA) is 49.7 Å². The zero-order chi connectivity index (χ0) is 18.3. The molecule has 26 heavy (non-hydrogen) atoms. The first kappa shape index (κ1) is 18.2. The number of rotatable bonds is 3. The van der Waals surface area contributed by atoms with Crippen LogP contribution in [0.2, 0.25) is 10.0 Å². The van der Waals surface area contributed by atoms with Gasteiger partial charge in [0.15, 0.2) is 15.0 Å². The van der Waals surface area contributed by atoms with Gasteiger partial charge in [0.25, 0.3) is 0 Å². The number of thioether (sulfide) groups is 1. The summed E-state index contributed by atoms with van der Waals surface area (Å²) in [4.78, 5) is 6.79. The summed E-state index contributed by atoms with van der Waals surface area (Å²) in [5.41, 5.74) is 2.02. The number of amidine groups is 1. The Kier molecular flexibility index (Phi) is 4.94. The first-order valence-electron chi connectivity index (χ1n) is 8.12. The minimum Gasteiger partial charge on any atom is -0.315 e. The van der Waals surface area contributed by atoms with Crippen molar-refractivity contribution in [1.29, 1.82) is 0 Å². The van der Waals surface area contributed by atoms with Crippen LogP contribution in [0.4, 0.5) is 5.69 Å². The highest BCUT2D eigenvalue weighted by Crippen LogP contribution is 2.36. The second kappa shape index (κ2) is 7.08. The molecule has 0 N–H and O–H groups in total. The molecule has 2 aliphatic rings. The van der Waals surface area contributed by atoms with Crippen molar-refractivity contribution in [2.45, 2.75) is 17.8 Å². The predicted molar refractivity (Wildman–Crippen MR) is 110 cm³/mol. The Balaban J connectivity index is 1.59. The van der Waals surface area contributed by atoms with Gasteiger partial charge in [0.2, 0.25) is 0 Å². The number of hydrogen-bond acceptors (Lipinski definition) is 5. The molecular formula is C18H16Cl2N2O2S2. The monoisotopic (exact) mass is 426 g/mol. The van der Waals surface area contributed by atoms with E-state index in [1.165, 1.54) is 0 Å². The van der Waals surface area contributed by atoms with E-state index in [2.05, 4.69) is 4.90 Å². The van der Waals surface area contributed by atoms with Crippen molar-refractivity contribution in [3.8, 4) is 0 Å². The van der Waals surface area contributed by atoms with Gasteiger partial charge in [-0.25, -0.2) is 8.42 Å². The number of para-hydroxylation sites is 1. The fourth-order valence-electron chi connectivity index (χ4n) is 3.30. The second-order valence-electron chi connectivity index (χ2n) is 6.37. The maximum absolute atomic E-state index is 12.0. The summed E-state index contributed by atoms with van der Waals surface area (Å²) in [5.74, 6) is 0.954. The minimum atomic E-state index is -3.04. The van der Waals surface area contributed by atoms with Gasteiger partial charge in [0, 0.05) is 11.4 Å². The van der Waals surface area contributed by atoms with E-state index in [-0.39, 0.29) is 23.6 Å². The van der Waals surface area contributed by atoms with Gasteiger partial charge >= 0.3 is 0 Å². The first-order valence-corrected chi connectivity index (χ1v) is 11.7. The Hall–Kier alpha value is -1.21. The zero-order valence-electron chi connectivity index (χ0n) is 13.7. The van der Waals surface area contributed by atoms with Crippen molar-refractivity contribution in [1.82, 2.24) is 0 Å². The molecule has 4 nitrogen and oxygen atoms in total. The molecule has 0 radical (unpaired) electrons. The van der Waals surface area contributed by atoms with Crippen LogP contribution in [-0.2, 0) is 15.6 Å². The maximum atomic E-state index is 12.0. The molecule has 2 aromatic rings. The average molecular weight is 427 g/mol. The van der Waals surface area contributed by atoms with Crippen LogP contribution in [-0.4, -0.2) is 37.2 Å². The van der Waals surface area contributed by atoms with Crippen LogP contribution in [0.3, 0.4) is 0 Å².